The molecule has 0 aromatic heterocycles. The Hall–Kier alpha value is -2.10. The summed E-state index contributed by atoms with van der Waals surface area (Å²) >= 11 is 0. The van der Waals surface area contributed by atoms with E-state index in [2.05, 4.69) is 16.9 Å². The highest BCUT2D eigenvalue weighted by Gasteiger charge is 2.23. The number of benzene rings is 1. The zero-order valence-corrected chi connectivity index (χ0v) is 15.1. The second-order valence-electron chi connectivity index (χ2n) is 6.94. The van der Waals surface area contributed by atoms with Gasteiger partial charge in [0.25, 0.3) is 0 Å². The molecule has 1 amide bonds. The molecule has 0 saturated carbocycles. The number of hydrogen-bond acceptors (Lipinski definition) is 3. The van der Waals surface area contributed by atoms with Crippen molar-refractivity contribution in [3.8, 4) is 0 Å². The molecule has 23 heavy (non-hydrogen) atoms. The molecule has 1 rings (SSSR count). The van der Waals surface area contributed by atoms with Crippen LogP contribution in [0.1, 0.15) is 45.7 Å². The number of amides is 1. The van der Waals surface area contributed by atoms with Crippen molar-refractivity contribution in [1.29, 1.82) is 0 Å². The van der Waals surface area contributed by atoms with Crippen LogP contribution in [0.25, 0.3) is 6.08 Å². The first-order chi connectivity index (χ1) is 10.7. The molecule has 1 aromatic rings. The van der Waals surface area contributed by atoms with Gasteiger partial charge in [-0.3, -0.25) is 0 Å². The van der Waals surface area contributed by atoms with Gasteiger partial charge in [0.15, 0.2) is 0 Å². The molecule has 4 heteroatoms. The fourth-order valence-corrected chi connectivity index (χ4v) is 2.13. The average molecular weight is 316 g/mol. The fraction of sp³-hybridized carbons (Fsp3) is 0.474. The summed E-state index contributed by atoms with van der Waals surface area (Å²) in [5.74, 6) is 0.287. The number of aliphatic imine (C=N–C) groups is 1. The predicted octanol–water partition coefficient (Wildman–Crippen LogP) is 5.00. The third kappa shape index (κ3) is 5.55. The molecule has 0 spiro atoms. The zero-order chi connectivity index (χ0) is 17.6. The van der Waals surface area contributed by atoms with Crippen molar-refractivity contribution < 1.29 is 9.53 Å². The molecule has 0 radical (unpaired) electrons. The maximum atomic E-state index is 12.0. The summed E-state index contributed by atoms with van der Waals surface area (Å²) < 4.78 is 5.19. The minimum absolute atomic E-state index is 0.281. The quantitative estimate of drug-likeness (QED) is 0.778. The summed E-state index contributed by atoms with van der Waals surface area (Å²) in [6.07, 6.45) is 1.24. The highest BCUT2D eigenvalue weighted by atomic mass is 16.5. The SMILES string of the molecule is C=Cc1cc(/C(=N\C(=O)OCC(C)C)C(C)(C)C)ccc1NC. The zero-order valence-electron chi connectivity index (χ0n) is 15.1. The van der Waals surface area contributed by atoms with Crippen LogP contribution in [0, 0.1) is 11.3 Å². The van der Waals surface area contributed by atoms with Crippen LogP contribution in [-0.4, -0.2) is 25.5 Å². The number of rotatable bonds is 5. The Morgan fingerprint density at radius 2 is 2.04 bits per heavy atom. The van der Waals surface area contributed by atoms with Gasteiger partial charge in [-0.2, -0.15) is 4.99 Å². The summed E-state index contributed by atoms with van der Waals surface area (Å²) in [6, 6.07) is 5.91. The van der Waals surface area contributed by atoms with Crippen LogP contribution < -0.4 is 5.32 Å². The normalized spacial score (nSPS) is 12.2. The molecule has 0 aliphatic carbocycles. The van der Waals surface area contributed by atoms with Crippen molar-refractivity contribution in [1.82, 2.24) is 0 Å². The van der Waals surface area contributed by atoms with Crippen LogP contribution in [-0.2, 0) is 4.74 Å². The number of ether oxygens (including phenoxy) is 1. The van der Waals surface area contributed by atoms with Crippen molar-refractivity contribution >= 4 is 23.6 Å². The first-order valence-electron chi connectivity index (χ1n) is 7.89. The molecular formula is C19H28N2O2. The Kier molecular flexibility index (Phi) is 6.55. The summed E-state index contributed by atoms with van der Waals surface area (Å²) in [5.41, 5.74) is 3.28. The molecule has 0 saturated heterocycles. The van der Waals surface area contributed by atoms with Crippen LogP contribution in [0.15, 0.2) is 29.8 Å². The Labute approximate surface area is 139 Å². The maximum absolute atomic E-state index is 12.0. The van der Waals surface area contributed by atoms with E-state index < -0.39 is 6.09 Å². The molecule has 1 N–H and O–H groups in total. The molecule has 126 valence electrons. The van der Waals surface area contributed by atoms with Gasteiger partial charge in [-0.25, -0.2) is 4.79 Å². The minimum atomic E-state index is -0.540. The Balaban J connectivity index is 3.22. The number of carbonyl (C=O) groups is 1. The Morgan fingerprint density at radius 1 is 1.39 bits per heavy atom. The lowest BCUT2D eigenvalue weighted by Gasteiger charge is -2.22. The van der Waals surface area contributed by atoms with Crippen molar-refractivity contribution in [2.24, 2.45) is 16.3 Å². The van der Waals surface area contributed by atoms with Gasteiger partial charge in [0.05, 0.1) is 12.3 Å². The minimum Gasteiger partial charge on any atom is -0.448 e. The van der Waals surface area contributed by atoms with Crippen LogP contribution in [0.3, 0.4) is 0 Å². The van der Waals surface area contributed by atoms with Gasteiger partial charge in [-0.05, 0) is 29.2 Å². The third-order valence-corrected chi connectivity index (χ3v) is 3.27. The molecular weight excluding hydrogens is 288 g/mol. The standard InChI is InChI=1S/C19H28N2O2/c1-8-14-11-15(9-10-16(14)20-7)17(19(4,5)6)21-18(22)23-12-13(2)3/h8-11,13,20H,1,12H2,2-7H3/b21-17+. The smallest absolute Gasteiger partial charge is 0.433 e. The summed E-state index contributed by atoms with van der Waals surface area (Å²) in [7, 11) is 1.87. The first-order valence-corrected chi connectivity index (χ1v) is 7.89. The Morgan fingerprint density at radius 3 is 2.52 bits per heavy atom. The van der Waals surface area contributed by atoms with Crippen molar-refractivity contribution in [2.45, 2.75) is 34.6 Å². The number of nitrogens with one attached hydrogen (secondary N) is 1. The van der Waals surface area contributed by atoms with Gasteiger partial charge in [-0.1, -0.05) is 53.3 Å². The second-order valence-corrected chi connectivity index (χ2v) is 6.94. The van der Waals surface area contributed by atoms with E-state index in [0.717, 1.165) is 16.8 Å². The van der Waals surface area contributed by atoms with E-state index in [4.69, 9.17) is 4.74 Å². The van der Waals surface area contributed by atoms with E-state index in [-0.39, 0.29) is 11.3 Å². The average Bonchev–Trinajstić information content (AvgIpc) is 2.48. The van der Waals surface area contributed by atoms with Crippen molar-refractivity contribution in [2.75, 3.05) is 19.0 Å². The summed E-state index contributed by atoms with van der Waals surface area (Å²) in [6.45, 7) is 14.3. The topological polar surface area (TPSA) is 50.7 Å². The van der Waals surface area contributed by atoms with E-state index in [1.54, 1.807) is 6.08 Å². The van der Waals surface area contributed by atoms with E-state index in [9.17, 15) is 4.79 Å². The van der Waals surface area contributed by atoms with Gasteiger partial charge >= 0.3 is 6.09 Å². The largest absolute Gasteiger partial charge is 0.448 e. The molecule has 0 heterocycles. The van der Waals surface area contributed by atoms with E-state index >= 15 is 0 Å². The molecule has 0 bridgehead atoms. The maximum Gasteiger partial charge on any atom is 0.433 e. The fourth-order valence-electron chi connectivity index (χ4n) is 2.13. The number of nitrogens with zero attached hydrogens (tertiary/aromatic N) is 1. The van der Waals surface area contributed by atoms with Crippen LogP contribution in [0.2, 0.25) is 0 Å². The number of carbonyl (C=O) groups excluding carboxylic acids is 1. The monoisotopic (exact) mass is 316 g/mol. The lowest BCUT2D eigenvalue weighted by atomic mass is 9.85. The van der Waals surface area contributed by atoms with E-state index in [1.807, 2.05) is 59.9 Å². The van der Waals surface area contributed by atoms with Gasteiger partial charge < -0.3 is 10.1 Å². The molecule has 0 unspecified atom stereocenters. The van der Waals surface area contributed by atoms with Gasteiger partial charge in [0.1, 0.15) is 0 Å². The van der Waals surface area contributed by atoms with Gasteiger partial charge in [-0.15, -0.1) is 0 Å². The van der Waals surface area contributed by atoms with E-state index in [0.29, 0.717) is 12.3 Å². The Bertz CT molecular complexity index is 596. The third-order valence-electron chi connectivity index (χ3n) is 3.27. The van der Waals surface area contributed by atoms with Crippen molar-refractivity contribution in [3.05, 3.63) is 35.9 Å². The van der Waals surface area contributed by atoms with Gasteiger partial charge in [0, 0.05) is 18.2 Å². The van der Waals surface area contributed by atoms with Crippen LogP contribution in [0.5, 0.6) is 0 Å². The molecule has 0 aliphatic rings. The highest BCUT2D eigenvalue weighted by molar-refractivity contribution is 6.09. The lowest BCUT2D eigenvalue weighted by molar-refractivity contribution is 0.143. The molecule has 0 atom stereocenters. The number of hydrogen-bond donors (Lipinski definition) is 1. The summed E-state index contributed by atoms with van der Waals surface area (Å²) in [4.78, 5) is 16.2. The second kappa shape index (κ2) is 7.95. The molecule has 0 fully saturated rings. The highest BCUT2D eigenvalue weighted by Crippen LogP contribution is 2.26. The molecule has 4 nitrogen and oxygen atoms in total. The predicted molar refractivity (Wildman–Crippen MR) is 98.3 cm³/mol. The van der Waals surface area contributed by atoms with Crippen LogP contribution in [0.4, 0.5) is 10.5 Å². The molecule has 0 aliphatic heterocycles. The molecule has 1 aromatic carbocycles. The lowest BCUT2D eigenvalue weighted by Crippen LogP contribution is -2.23. The first kappa shape index (κ1) is 18.9. The van der Waals surface area contributed by atoms with E-state index in [1.165, 1.54) is 0 Å². The van der Waals surface area contributed by atoms with Crippen molar-refractivity contribution in [3.63, 3.8) is 0 Å². The number of anilines is 1. The van der Waals surface area contributed by atoms with Gasteiger partial charge in [0.2, 0.25) is 0 Å². The van der Waals surface area contributed by atoms with Crippen LogP contribution >= 0.6 is 0 Å². The summed E-state index contributed by atoms with van der Waals surface area (Å²) in [5, 5.41) is 3.12.